The van der Waals surface area contributed by atoms with Gasteiger partial charge in [0.25, 0.3) is 0 Å². The molecule has 3 rings (SSSR count). The molecular formula is C16H20ClN3O2. The Morgan fingerprint density at radius 3 is 2.77 bits per heavy atom. The van der Waals surface area contributed by atoms with Crippen LogP contribution in [0.5, 0.6) is 0 Å². The van der Waals surface area contributed by atoms with Crippen molar-refractivity contribution in [2.75, 3.05) is 31.1 Å². The van der Waals surface area contributed by atoms with Crippen molar-refractivity contribution in [1.29, 1.82) is 0 Å². The van der Waals surface area contributed by atoms with Gasteiger partial charge in [-0.25, -0.2) is 0 Å². The van der Waals surface area contributed by atoms with Crippen LogP contribution < -0.4 is 10.6 Å². The van der Waals surface area contributed by atoms with Crippen LogP contribution in [0.25, 0.3) is 0 Å². The predicted octanol–water partition coefficient (Wildman–Crippen LogP) is 1.50. The highest BCUT2D eigenvalue weighted by Crippen LogP contribution is 2.32. The fourth-order valence-electron chi connectivity index (χ4n) is 3.26. The molecule has 2 N–H and O–H groups in total. The minimum absolute atomic E-state index is 0.0407. The van der Waals surface area contributed by atoms with Crippen molar-refractivity contribution in [1.82, 2.24) is 4.90 Å². The van der Waals surface area contributed by atoms with Gasteiger partial charge in [0.2, 0.25) is 11.8 Å². The lowest BCUT2D eigenvalue weighted by atomic mass is 10.1. The van der Waals surface area contributed by atoms with Gasteiger partial charge in [-0.3, -0.25) is 9.59 Å². The normalized spacial score (nSPS) is 25.1. The summed E-state index contributed by atoms with van der Waals surface area (Å²) in [5, 5.41) is 0.535. The highest BCUT2D eigenvalue weighted by molar-refractivity contribution is 6.33. The topological polar surface area (TPSA) is 66.6 Å². The van der Waals surface area contributed by atoms with Gasteiger partial charge in [0.15, 0.2) is 0 Å². The molecular weight excluding hydrogens is 302 g/mol. The number of hydrogen-bond donors (Lipinski definition) is 1. The summed E-state index contributed by atoms with van der Waals surface area (Å²) < 4.78 is 0. The highest BCUT2D eigenvalue weighted by Gasteiger charge is 2.39. The van der Waals surface area contributed by atoms with E-state index in [-0.39, 0.29) is 24.2 Å². The lowest BCUT2D eigenvalue weighted by Gasteiger charge is -2.21. The number of anilines is 1. The van der Waals surface area contributed by atoms with Crippen molar-refractivity contribution >= 4 is 29.1 Å². The van der Waals surface area contributed by atoms with Gasteiger partial charge in [-0.2, -0.15) is 0 Å². The van der Waals surface area contributed by atoms with Crippen LogP contribution in [0.15, 0.2) is 24.3 Å². The van der Waals surface area contributed by atoms with E-state index in [0.29, 0.717) is 36.3 Å². The van der Waals surface area contributed by atoms with E-state index in [2.05, 4.69) is 0 Å². The minimum Gasteiger partial charge on any atom is -0.342 e. The maximum atomic E-state index is 12.6. The van der Waals surface area contributed by atoms with Gasteiger partial charge in [0.1, 0.15) is 0 Å². The average Bonchev–Trinajstić information content (AvgIpc) is 3.14. The molecule has 0 spiro atoms. The first-order valence-electron chi connectivity index (χ1n) is 7.64. The van der Waals surface area contributed by atoms with Crippen LogP contribution in [0.4, 0.5) is 5.69 Å². The molecule has 2 saturated heterocycles. The molecule has 0 bridgehead atoms. The summed E-state index contributed by atoms with van der Waals surface area (Å²) in [5.41, 5.74) is 6.36. The summed E-state index contributed by atoms with van der Waals surface area (Å²) in [6, 6.07) is 7.24. The number of amides is 2. The number of likely N-dealkylation sites (tertiary alicyclic amines) is 1. The van der Waals surface area contributed by atoms with Gasteiger partial charge in [0, 0.05) is 26.1 Å². The molecule has 2 atom stereocenters. The second kappa shape index (κ2) is 6.26. The van der Waals surface area contributed by atoms with E-state index in [1.807, 2.05) is 23.1 Å². The average molecular weight is 322 g/mol. The Labute approximate surface area is 135 Å². The monoisotopic (exact) mass is 321 g/mol. The van der Waals surface area contributed by atoms with E-state index in [0.717, 1.165) is 13.0 Å². The maximum absolute atomic E-state index is 12.6. The number of nitrogens with two attached hydrogens (primary N) is 1. The zero-order valence-corrected chi connectivity index (χ0v) is 13.1. The molecule has 2 heterocycles. The highest BCUT2D eigenvalue weighted by atomic mass is 35.5. The number of rotatable bonds is 3. The van der Waals surface area contributed by atoms with Gasteiger partial charge in [-0.15, -0.1) is 0 Å². The van der Waals surface area contributed by atoms with Crippen molar-refractivity contribution in [3.63, 3.8) is 0 Å². The van der Waals surface area contributed by atoms with Crippen LogP contribution in [0.2, 0.25) is 5.02 Å². The number of hydrogen-bond acceptors (Lipinski definition) is 3. The Morgan fingerprint density at radius 1 is 1.32 bits per heavy atom. The second-order valence-electron chi connectivity index (χ2n) is 6.03. The van der Waals surface area contributed by atoms with Gasteiger partial charge >= 0.3 is 0 Å². The quantitative estimate of drug-likeness (QED) is 0.917. The summed E-state index contributed by atoms with van der Waals surface area (Å²) >= 11 is 6.16. The first-order valence-corrected chi connectivity index (χ1v) is 8.01. The molecule has 22 heavy (non-hydrogen) atoms. The van der Waals surface area contributed by atoms with Crippen LogP contribution in [0.1, 0.15) is 12.8 Å². The van der Waals surface area contributed by atoms with E-state index in [9.17, 15) is 9.59 Å². The molecule has 2 unspecified atom stereocenters. The number of nitrogens with zero attached hydrogens (tertiary/aromatic N) is 2. The standard InChI is InChI=1S/C16H20ClN3O2/c17-13-3-1-2-4-14(13)20-10-12(7-15(20)21)16(22)19-6-5-11(8-18)9-19/h1-4,11-12H,5-10,18H2. The number of carbonyl (C=O) groups excluding carboxylic acids is 2. The van der Waals surface area contributed by atoms with E-state index in [4.69, 9.17) is 17.3 Å². The van der Waals surface area contributed by atoms with E-state index < -0.39 is 0 Å². The molecule has 2 aliphatic rings. The first-order chi connectivity index (χ1) is 10.6. The van der Waals surface area contributed by atoms with Crippen molar-refractivity contribution in [3.8, 4) is 0 Å². The molecule has 2 amide bonds. The molecule has 6 heteroatoms. The fraction of sp³-hybridized carbons (Fsp3) is 0.500. The Balaban J connectivity index is 1.70. The molecule has 0 aromatic heterocycles. The van der Waals surface area contributed by atoms with Crippen LogP contribution in [-0.4, -0.2) is 42.9 Å². The first kappa shape index (κ1) is 15.3. The number of para-hydroxylation sites is 1. The van der Waals surface area contributed by atoms with Gasteiger partial charge in [-0.1, -0.05) is 23.7 Å². The molecule has 2 aliphatic heterocycles. The van der Waals surface area contributed by atoms with Crippen LogP contribution in [0.3, 0.4) is 0 Å². The summed E-state index contributed by atoms with van der Waals surface area (Å²) in [4.78, 5) is 28.3. The summed E-state index contributed by atoms with van der Waals surface area (Å²) in [5.74, 6) is 0.140. The molecule has 118 valence electrons. The van der Waals surface area contributed by atoms with E-state index in [1.165, 1.54) is 0 Å². The lowest BCUT2D eigenvalue weighted by molar-refractivity contribution is -0.134. The minimum atomic E-state index is -0.278. The maximum Gasteiger partial charge on any atom is 0.228 e. The van der Waals surface area contributed by atoms with Crippen LogP contribution >= 0.6 is 11.6 Å². The predicted molar refractivity (Wildman–Crippen MR) is 85.7 cm³/mol. The largest absolute Gasteiger partial charge is 0.342 e. The van der Waals surface area contributed by atoms with Gasteiger partial charge in [0.05, 0.1) is 16.6 Å². The smallest absolute Gasteiger partial charge is 0.228 e. The SMILES string of the molecule is NCC1CCN(C(=O)C2CC(=O)N(c3ccccc3Cl)C2)C1. The van der Waals surface area contributed by atoms with Crippen molar-refractivity contribution < 1.29 is 9.59 Å². The number of carbonyl (C=O) groups is 2. The van der Waals surface area contributed by atoms with Gasteiger partial charge < -0.3 is 15.5 Å². The Morgan fingerprint density at radius 2 is 2.09 bits per heavy atom. The lowest BCUT2D eigenvalue weighted by Crippen LogP contribution is -2.36. The Kier molecular flexibility index (Phi) is 4.36. The van der Waals surface area contributed by atoms with E-state index >= 15 is 0 Å². The molecule has 2 fully saturated rings. The molecule has 5 nitrogen and oxygen atoms in total. The molecule has 0 radical (unpaired) electrons. The van der Waals surface area contributed by atoms with Crippen LogP contribution in [0, 0.1) is 11.8 Å². The van der Waals surface area contributed by atoms with Crippen molar-refractivity contribution in [2.45, 2.75) is 12.8 Å². The third-order valence-electron chi connectivity index (χ3n) is 4.55. The zero-order chi connectivity index (χ0) is 15.7. The fourth-order valence-corrected chi connectivity index (χ4v) is 3.50. The molecule has 1 aromatic rings. The summed E-state index contributed by atoms with van der Waals surface area (Å²) in [7, 11) is 0. The third kappa shape index (κ3) is 2.83. The van der Waals surface area contributed by atoms with Crippen LogP contribution in [-0.2, 0) is 9.59 Å². The molecule has 0 saturated carbocycles. The van der Waals surface area contributed by atoms with Crippen molar-refractivity contribution in [2.24, 2.45) is 17.6 Å². The second-order valence-corrected chi connectivity index (χ2v) is 6.44. The summed E-state index contributed by atoms with van der Waals surface area (Å²) in [6.07, 6.45) is 1.21. The zero-order valence-electron chi connectivity index (χ0n) is 12.4. The third-order valence-corrected chi connectivity index (χ3v) is 4.87. The van der Waals surface area contributed by atoms with E-state index in [1.54, 1.807) is 11.0 Å². The molecule has 1 aromatic carbocycles. The Hall–Kier alpha value is -1.59. The Bertz CT molecular complexity index is 593. The van der Waals surface area contributed by atoms with Crippen molar-refractivity contribution in [3.05, 3.63) is 29.3 Å². The number of benzene rings is 1. The summed E-state index contributed by atoms with van der Waals surface area (Å²) in [6.45, 7) is 2.48. The molecule has 0 aliphatic carbocycles. The number of halogens is 1. The van der Waals surface area contributed by atoms with Gasteiger partial charge in [-0.05, 0) is 31.0 Å².